The molecule has 0 unspecified atom stereocenters. The second-order valence-electron chi connectivity index (χ2n) is 16.7. The third kappa shape index (κ3) is 12.9. The third-order valence-corrected chi connectivity index (χ3v) is 12.0. The van der Waals surface area contributed by atoms with Crippen molar-refractivity contribution < 1.29 is 62.5 Å². The van der Waals surface area contributed by atoms with Gasteiger partial charge in [0.1, 0.15) is 18.3 Å². The van der Waals surface area contributed by atoms with Gasteiger partial charge in [-0.05, 0) is 113 Å². The van der Waals surface area contributed by atoms with Crippen molar-refractivity contribution in [1.29, 1.82) is 0 Å². The van der Waals surface area contributed by atoms with Crippen molar-refractivity contribution >= 4 is 23.9 Å². The maximum atomic E-state index is 13.1. The molecule has 4 fully saturated rings. The highest BCUT2D eigenvalue weighted by atomic mass is 16.6. The van der Waals surface area contributed by atoms with Gasteiger partial charge >= 0.3 is 23.9 Å². The fourth-order valence-corrected chi connectivity index (χ4v) is 8.36. The molecular weight excluding hydrogens is 700 g/mol. The summed E-state index contributed by atoms with van der Waals surface area (Å²) in [5, 5.41) is 19.2. The first-order chi connectivity index (χ1) is 25.5. The molecule has 13 heteroatoms. The van der Waals surface area contributed by atoms with Crippen molar-refractivity contribution in [2.75, 3.05) is 0 Å². The Labute approximate surface area is 321 Å². The average molecular weight is 769 g/mol. The summed E-state index contributed by atoms with van der Waals surface area (Å²) in [5.74, 6) is -3.69. The molecule has 0 aromatic carbocycles. The monoisotopic (exact) mass is 768 g/mol. The van der Waals surface area contributed by atoms with Gasteiger partial charge in [-0.3, -0.25) is 19.2 Å². The Morgan fingerprint density at radius 2 is 0.778 bits per heavy atom. The van der Waals surface area contributed by atoms with Gasteiger partial charge in [-0.2, -0.15) is 0 Å². The van der Waals surface area contributed by atoms with E-state index in [0.717, 1.165) is 32.1 Å². The summed E-state index contributed by atoms with van der Waals surface area (Å²) in [6.45, 7) is 14.6. The standard InChI is InChI=1S/C41H68O13/c1-9-29(42)21-33-13-17-37(54-33)28(8)41(47)50-24(4)20-32-12-16-36(53-32)27(7)40(46)49-23(3)19-31-11-15-35(52-31)26(6)39(45)48-22(2)18-30-10-14-34(51-30)25(5)38(43)44/h22-37,42H,9-21H2,1-8H3,(H,43,44)/t22-,23-,24-,25+,26+,27+,28+,29+,30+,31+,32+,33+,34+,35-,36-,37-/m1/s1. The van der Waals surface area contributed by atoms with E-state index in [1.54, 1.807) is 6.92 Å². The molecule has 16 atom stereocenters. The maximum absolute atomic E-state index is 13.1. The minimum atomic E-state index is -0.872. The van der Waals surface area contributed by atoms with Crippen LogP contribution in [0.1, 0.15) is 139 Å². The van der Waals surface area contributed by atoms with Crippen molar-refractivity contribution in [3.05, 3.63) is 0 Å². The Hall–Kier alpha value is -2.32. The molecule has 0 aliphatic carbocycles. The molecule has 4 aliphatic heterocycles. The van der Waals surface area contributed by atoms with Crippen LogP contribution in [-0.4, -0.2) is 107 Å². The van der Waals surface area contributed by atoms with Gasteiger partial charge in [0.15, 0.2) is 0 Å². The highest BCUT2D eigenvalue weighted by Crippen LogP contribution is 2.34. The van der Waals surface area contributed by atoms with Crippen LogP contribution in [0.25, 0.3) is 0 Å². The second kappa shape index (κ2) is 20.7. The Balaban J connectivity index is 1.10. The van der Waals surface area contributed by atoms with Gasteiger partial charge < -0.3 is 43.4 Å². The van der Waals surface area contributed by atoms with Gasteiger partial charge in [-0.25, -0.2) is 0 Å². The van der Waals surface area contributed by atoms with E-state index in [-0.39, 0.29) is 91.2 Å². The second-order valence-corrected chi connectivity index (χ2v) is 16.7. The molecule has 13 nitrogen and oxygen atoms in total. The van der Waals surface area contributed by atoms with Crippen molar-refractivity contribution in [1.82, 2.24) is 0 Å². The Morgan fingerprint density at radius 3 is 1.06 bits per heavy atom. The van der Waals surface area contributed by atoms with E-state index in [9.17, 15) is 29.4 Å². The zero-order valence-corrected chi connectivity index (χ0v) is 33.8. The largest absolute Gasteiger partial charge is 0.481 e. The molecule has 310 valence electrons. The number of aliphatic hydroxyl groups excluding tert-OH is 1. The van der Waals surface area contributed by atoms with E-state index in [0.29, 0.717) is 51.4 Å². The zero-order chi connectivity index (χ0) is 39.7. The predicted octanol–water partition coefficient (Wildman–Crippen LogP) is 5.93. The van der Waals surface area contributed by atoms with Gasteiger partial charge in [0.2, 0.25) is 0 Å². The van der Waals surface area contributed by atoms with Crippen LogP contribution in [0.2, 0.25) is 0 Å². The van der Waals surface area contributed by atoms with Gasteiger partial charge in [-0.15, -0.1) is 0 Å². The lowest BCUT2D eigenvalue weighted by Gasteiger charge is -2.25. The lowest BCUT2D eigenvalue weighted by atomic mass is 10.0. The molecule has 4 rings (SSSR count). The van der Waals surface area contributed by atoms with Crippen molar-refractivity contribution in [2.24, 2.45) is 23.7 Å². The molecule has 0 bridgehead atoms. The highest BCUT2D eigenvalue weighted by molar-refractivity contribution is 5.74. The number of hydrogen-bond donors (Lipinski definition) is 2. The molecular formula is C41H68O13. The van der Waals surface area contributed by atoms with Crippen molar-refractivity contribution in [2.45, 2.75) is 212 Å². The molecule has 0 spiro atoms. The number of aliphatic hydroxyl groups is 1. The number of rotatable bonds is 20. The SMILES string of the molecule is CC[C@H](O)C[C@@H]1CC[C@H]([C@H](C)C(=O)O[C@H](C)C[C@@H]2CC[C@H]([C@H](C)C(=O)O[C@H](C)C[C@@H]3CC[C@H]([C@H](C)C(=O)O[C@H](C)C[C@@H]4CC[C@@H]([C@H](C)C(=O)O)O4)O3)O2)O1. The summed E-state index contributed by atoms with van der Waals surface area (Å²) in [6, 6.07) is 0. The predicted molar refractivity (Wildman–Crippen MR) is 197 cm³/mol. The molecule has 4 saturated heterocycles. The van der Waals surface area contributed by atoms with E-state index in [1.807, 2.05) is 48.5 Å². The Morgan fingerprint density at radius 1 is 0.500 bits per heavy atom. The van der Waals surface area contributed by atoms with Crippen LogP contribution in [-0.2, 0) is 52.3 Å². The Bertz CT molecular complexity index is 1230. The van der Waals surface area contributed by atoms with E-state index < -0.39 is 29.6 Å². The van der Waals surface area contributed by atoms with Crippen LogP contribution in [0.15, 0.2) is 0 Å². The minimum absolute atomic E-state index is 0.0273. The average Bonchev–Trinajstić information content (AvgIpc) is 3.95. The molecule has 4 heterocycles. The van der Waals surface area contributed by atoms with E-state index >= 15 is 0 Å². The van der Waals surface area contributed by atoms with Crippen molar-refractivity contribution in [3.8, 4) is 0 Å². The van der Waals surface area contributed by atoms with Crippen LogP contribution in [0.3, 0.4) is 0 Å². The van der Waals surface area contributed by atoms with E-state index in [4.69, 9.17) is 33.2 Å². The fourth-order valence-electron chi connectivity index (χ4n) is 8.36. The summed E-state index contributed by atoms with van der Waals surface area (Å²) < 4.78 is 41.8. The maximum Gasteiger partial charge on any atom is 0.311 e. The Kier molecular flexibility index (Phi) is 17.0. The summed E-state index contributed by atoms with van der Waals surface area (Å²) in [5.41, 5.74) is 0. The van der Waals surface area contributed by atoms with Gasteiger partial charge in [-0.1, -0.05) is 6.92 Å². The molecule has 0 aromatic heterocycles. The quantitative estimate of drug-likeness (QED) is 0.110. The lowest BCUT2D eigenvalue weighted by Crippen LogP contribution is -2.33. The first-order valence-corrected chi connectivity index (χ1v) is 20.7. The summed E-state index contributed by atoms with van der Waals surface area (Å²) in [7, 11) is 0. The number of aliphatic carboxylic acids is 1. The molecule has 2 N–H and O–H groups in total. The number of carbonyl (C=O) groups excluding carboxylic acids is 3. The number of carboxylic acid groups (broad SMARTS) is 1. The summed E-state index contributed by atoms with van der Waals surface area (Å²) in [6.07, 6.45) is 5.80. The number of esters is 3. The van der Waals surface area contributed by atoms with Gasteiger partial charge in [0, 0.05) is 19.3 Å². The molecule has 0 radical (unpaired) electrons. The van der Waals surface area contributed by atoms with E-state index in [2.05, 4.69) is 0 Å². The highest BCUT2D eigenvalue weighted by Gasteiger charge is 2.40. The number of hydrogen-bond acceptors (Lipinski definition) is 12. The molecule has 0 amide bonds. The fraction of sp³-hybridized carbons (Fsp3) is 0.902. The third-order valence-electron chi connectivity index (χ3n) is 12.0. The normalized spacial score (nSPS) is 32.9. The molecule has 4 aliphatic rings. The number of carboxylic acids is 1. The lowest BCUT2D eigenvalue weighted by molar-refractivity contribution is -0.161. The van der Waals surface area contributed by atoms with E-state index in [1.165, 1.54) is 0 Å². The van der Waals surface area contributed by atoms with Gasteiger partial charge in [0.05, 0.1) is 78.6 Å². The smallest absolute Gasteiger partial charge is 0.311 e. The van der Waals surface area contributed by atoms with Crippen molar-refractivity contribution in [3.63, 3.8) is 0 Å². The summed E-state index contributed by atoms with van der Waals surface area (Å²) >= 11 is 0. The number of carbonyl (C=O) groups is 4. The molecule has 54 heavy (non-hydrogen) atoms. The van der Waals surface area contributed by atoms with Crippen LogP contribution >= 0.6 is 0 Å². The van der Waals surface area contributed by atoms with Gasteiger partial charge in [0.25, 0.3) is 0 Å². The van der Waals surface area contributed by atoms with Crippen LogP contribution in [0.4, 0.5) is 0 Å². The first-order valence-electron chi connectivity index (χ1n) is 20.7. The first kappa shape index (κ1) is 44.4. The zero-order valence-electron chi connectivity index (χ0n) is 33.8. The van der Waals surface area contributed by atoms with Crippen LogP contribution < -0.4 is 0 Å². The van der Waals surface area contributed by atoms with Crippen LogP contribution in [0.5, 0.6) is 0 Å². The number of ether oxygens (including phenoxy) is 7. The van der Waals surface area contributed by atoms with Crippen LogP contribution in [0, 0.1) is 23.7 Å². The molecule has 0 aromatic rings. The topological polar surface area (TPSA) is 173 Å². The molecule has 0 saturated carbocycles. The summed E-state index contributed by atoms with van der Waals surface area (Å²) in [4.78, 5) is 50.3. The minimum Gasteiger partial charge on any atom is -0.481 e.